The molecule has 3 aromatic rings. The SMILES string of the molecule is COc1ccc(-c2cc(C3=CS(=O)(=O)c4ccccc4C3=O)on2)cc1. The number of carbonyl (C=O) groups excluding carboxylic acids is 1. The number of rotatable bonds is 3. The van der Waals surface area contributed by atoms with Crippen molar-refractivity contribution in [3.05, 3.63) is 71.3 Å². The lowest BCUT2D eigenvalue weighted by atomic mass is 10.0. The fraction of sp³-hybridized carbons (Fsp3) is 0.0526. The zero-order chi connectivity index (χ0) is 18.3. The molecule has 1 aromatic heterocycles. The quantitative estimate of drug-likeness (QED) is 0.705. The third-order valence-electron chi connectivity index (χ3n) is 4.12. The summed E-state index contributed by atoms with van der Waals surface area (Å²) in [6.07, 6.45) is 0. The van der Waals surface area contributed by atoms with Gasteiger partial charge in [-0.1, -0.05) is 17.3 Å². The van der Waals surface area contributed by atoms with Crippen LogP contribution >= 0.6 is 0 Å². The highest BCUT2D eigenvalue weighted by Gasteiger charge is 2.32. The van der Waals surface area contributed by atoms with Crippen molar-refractivity contribution in [1.29, 1.82) is 0 Å². The highest BCUT2D eigenvalue weighted by molar-refractivity contribution is 7.94. The van der Waals surface area contributed by atoms with Gasteiger partial charge in [-0.3, -0.25) is 4.79 Å². The Labute approximate surface area is 149 Å². The average molecular weight is 367 g/mol. The number of carbonyl (C=O) groups is 1. The van der Waals surface area contributed by atoms with E-state index in [2.05, 4.69) is 5.16 Å². The first-order valence-corrected chi connectivity index (χ1v) is 9.26. The van der Waals surface area contributed by atoms with Gasteiger partial charge in [0.15, 0.2) is 11.5 Å². The minimum Gasteiger partial charge on any atom is -0.497 e. The predicted molar refractivity (Wildman–Crippen MR) is 94.4 cm³/mol. The molecule has 0 aliphatic carbocycles. The molecule has 0 atom stereocenters. The molecule has 0 saturated carbocycles. The number of nitrogens with zero attached hydrogens (tertiary/aromatic N) is 1. The van der Waals surface area contributed by atoms with E-state index in [-0.39, 0.29) is 21.8 Å². The Hall–Kier alpha value is -3.19. The molecule has 6 nitrogen and oxygen atoms in total. The third kappa shape index (κ3) is 2.62. The second-order valence-corrected chi connectivity index (χ2v) is 7.47. The van der Waals surface area contributed by atoms with E-state index in [1.54, 1.807) is 49.6 Å². The van der Waals surface area contributed by atoms with E-state index in [1.165, 1.54) is 12.1 Å². The maximum Gasteiger partial charge on any atom is 0.201 e. The van der Waals surface area contributed by atoms with Crippen LogP contribution in [0.3, 0.4) is 0 Å². The number of ketones is 1. The third-order valence-corrected chi connectivity index (χ3v) is 5.63. The van der Waals surface area contributed by atoms with Crippen molar-refractivity contribution in [2.45, 2.75) is 4.90 Å². The van der Waals surface area contributed by atoms with Gasteiger partial charge in [0.2, 0.25) is 9.84 Å². The molecule has 0 saturated heterocycles. The van der Waals surface area contributed by atoms with E-state index >= 15 is 0 Å². The molecule has 0 N–H and O–H groups in total. The van der Waals surface area contributed by atoms with Crippen molar-refractivity contribution in [2.24, 2.45) is 0 Å². The summed E-state index contributed by atoms with van der Waals surface area (Å²) in [5, 5.41) is 4.89. The Balaban J connectivity index is 1.76. The number of methoxy groups -OCH3 is 1. The largest absolute Gasteiger partial charge is 0.497 e. The van der Waals surface area contributed by atoms with Gasteiger partial charge in [-0.25, -0.2) is 8.42 Å². The number of hydrogen-bond donors (Lipinski definition) is 0. The Bertz CT molecular complexity index is 1140. The fourth-order valence-corrected chi connectivity index (χ4v) is 4.19. The molecule has 0 fully saturated rings. The Morgan fingerprint density at radius 2 is 1.77 bits per heavy atom. The number of aromatic nitrogens is 1. The molecule has 130 valence electrons. The highest BCUT2D eigenvalue weighted by Crippen LogP contribution is 2.33. The number of ether oxygens (including phenoxy) is 1. The van der Waals surface area contributed by atoms with Crippen LogP contribution in [0.15, 0.2) is 69.4 Å². The van der Waals surface area contributed by atoms with Gasteiger partial charge < -0.3 is 9.26 Å². The van der Waals surface area contributed by atoms with E-state index < -0.39 is 15.6 Å². The van der Waals surface area contributed by atoms with Gasteiger partial charge in [-0.15, -0.1) is 0 Å². The summed E-state index contributed by atoms with van der Waals surface area (Å²) >= 11 is 0. The van der Waals surface area contributed by atoms with Crippen LogP contribution in [0.4, 0.5) is 0 Å². The van der Waals surface area contributed by atoms with Crippen molar-refractivity contribution in [3.8, 4) is 17.0 Å². The molecule has 2 aromatic carbocycles. The van der Waals surface area contributed by atoms with Crippen LogP contribution < -0.4 is 4.74 Å². The molecule has 4 rings (SSSR count). The van der Waals surface area contributed by atoms with Gasteiger partial charge in [-0.05, 0) is 36.4 Å². The second kappa shape index (κ2) is 5.96. The monoisotopic (exact) mass is 367 g/mol. The molecule has 0 radical (unpaired) electrons. The average Bonchev–Trinajstić information content (AvgIpc) is 3.15. The van der Waals surface area contributed by atoms with Crippen molar-refractivity contribution < 1.29 is 22.5 Å². The maximum atomic E-state index is 12.7. The summed E-state index contributed by atoms with van der Waals surface area (Å²) < 4.78 is 35.3. The molecule has 7 heteroatoms. The van der Waals surface area contributed by atoms with Crippen molar-refractivity contribution in [1.82, 2.24) is 5.16 Å². The van der Waals surface area contributed by atoms with Crippen LogP contribution in [-0.2, 0) is 9.84 Å². The number of benzene rings is 2. The minimum atomic E-state index is -3.72. The summed E-state index contributed by atoms with van der Waals surface area (Å²) in [4.78, 5) is 12.7. The van der Waals surface area contributed by atoms with Gasteiger partial charge in [0.1, 0.15) is 11.4 Å². The van der Waals surface area contributed by atoms with E-state index in [4.69, 9.17) is 9.26 Å². The van der Waals surface area contributed by atoms with E-state index in [0.717, 1.165) is 11.0 Å². The number of sulfone groups is 1. The Kier molecular flexibility index (Phi) is 3.73. The molecule has 1 aliphatic heterocycles. The zero-order valence-corrected chi connectivity index (χ0v) is 14.5. The zero-order valence-electron chi connectivity index (χ0n) is 13.7. The molecule has 0 bridgehead atoms. The number of fused-ring (bicyclic) bond motifs is 1. The molecule has 0 unspecified atom stereocenters. The first-order chi connectivity index (χ1) is 12.5. The molecule has 0 spiro atoms. The van der Waals surface area contributed by atoms with Gasteiger partial charge in [0, 0.05) is 17.2 Å². The van der Waals surface area contributed by atoms with Crippen LogP contribution in [-0.4, -0.2) is 26.5 Å². The van der Waals surface area contributed by atoms with Crippen molar-refractivity contribution in [2.75, 3.05) is 7.11 Å². The fourth-order valence-electron chi connectivity index (χ4n) is 2.79. The lowest BCUT2D eigenvalue weighted by Crippen LogP contribution is -2.15. The van der Waals surface area contributed by atoms with Gasteiger partial charge in [-0.2, -0.15) is 0 Å². The summed E-state index contributed by atoms with van der Waals surface area (Å²) in [6, 6.07) is 14.8. The van der Waals surface area contributed by atoms with Crippen LogP contribution in [0, 0.1) is 0 Å². The van der Waals surface area contributed by atoms with E-state index in [1.807, 2.05) is 0 Å². The van der Waals surface area contributed by atoms with Crippen molar-refractivity contribution in [3.63, 3.8) is 0 Å². The molecule has 0 amide bonds. The lowest BCUT2D eigenvalue weighted by Gasteiger charge is -2.13. The summed E-state index contributed by atoms with van der Waals surface area (Å²) in [6.45, 7) is 0. The maximum absolute atomic E-state index is 12.7. The number of Topliss-reactive ketones (excluding diaryl/α,β-unsaturated/α-hetero) is 1. The highest BCUT2D eigenvalue weighted by atomic mass is 32.2. The second-order valence-electron chi connectivity index (χ2n) is 5.71. The van der Waals surface area contributed by atoms with Crippen LogP contribution in [0.25, 0.3) is 16.8 Å². The van der Waals surface area contributed by atoms with E-state index in [9.17, 15) is 13.2 Å². The molecule has 1 aliphatic rings. The van der Waals surface area contributed by atoms with Crippen LogP contribution in [0.2, 0.25) is 0 Å². The number of hydrogen-bond acceptors (Lipinski definition) is 6. The number of allylic oxidation sites excluding steroid dienone is 1. The normalized spacial score (nSPS) is 15.3. The van der Waals surface area contributed by atoms with Gasteiger partial charge in [0.05, 0.1) is 23.0 Å². The molecular formula is C19H13NO5S. The van der Waals surface area contributed by atoms with Gasteiger partial charge >= 0.3 is 0 Å². The first kappa shape index (κ1) is 16.3. The van der Waals surface area contributed by atoms with E-state index in [0.29, 0.717) is 11.4 Å². The Morgan fingerprint density at radius 1 is 1.04 bits per heavy atom. The molecular weight excluding hydrogens is 354 g/mol. The molecule has 26 heavy (non-hydrogen) atoms. The lowest BCUT2D eigenvalue weighted by molar-refractivity contribution is 0.105. The van der Waals surface area contributed by atoms with Crippen molar-refractivity contribution >= 4 is 21.2 Å². The van der Waals surface area contributed by atoms with Crippen LogP contribution in [0.5, 0.6) is 5.75 Å². The topological polar surface area (TPSA) is 86.5 Å². The standard InChI is InChI=1S/C19H13NO5S/c1-24-13-8-6-12(7-9-13)16-10-17(25-20-16)15-11-26(22,23)18-5-3-2-4-14(18)19(15)21/h2-11H,1H3. The summed E-state index contributed by atoms with van der Waals surface area (Å²) in [5.74, 6) is 0.400. The predicted octanol–water partition coefficient (Wildman–Crippen LogP) is 3.36. The molecule has 2 heterocycles. The smallest absolute Gasteiger partial charge is 0.201 e. The van der Waals surface area contributed by atoms with Gasteiger partial charge in [0.25, 0.3) is 0 Å². The summed E-state index contributed by atoms with van der Waals surface area (Å²) in [7, 11) is -2.15. The van der Waals surface area contributed by atoms with Crippen LogP contribution in [0.1, 0.15) is 16.1 Å². The Morgan fingerprint density at radius 3 is 2.50 bits per heavy atom. The first-order valence-electron chi connectivity index (χ1n) is 7.71. The summed E-state index contributed by atoms with van der Waals surface area (Å²) in [5.41, 5.74) is 1.35. The minimum absolute atomic E-state index is 0.00337.